The maximum Gasteiger partial charge on any atom is 0.142 e. The fraction of sp³-hybridized carbons (Fsp3) is 0.625. The highest BCUT2D eigenvalue weighted by Crippen LogP contribution is 2.29. The summed E-state index contributed by atoms with van der Waals surface area (Å²) in [5, 5.41) is 3.35. The summed E-state index contributed by atoms with van der Waals surface area (Å²) in [7, 11) is 0. The second kappa shape index (κ2) is 8.20. The summed E-state index contributed by atoms with van der Waals surface area (Å²) in [5.74, 6) is 0.499. The van der Waals surface area contributed by atoms with Crippen LogP contribution in [0, 0.1) is 5.82 Å². The summed E-state index contributed by atoms with van der Waals surface area (Å²) < 4.78 is 24.8. The summed E-state index contributed by atoms with van der Waals surface area (Å²) >= 11 is 0. The van der Waals surface area contributed by atoms with Crippen molar-refractivity contribution in [3.05, 3.63) is 24.0 Å². The lowest BCUT2D eigenvalue weighted by Gasteiger charge is -2.25. The molecule has 1 heterocycles. The summed E-state index contributed by atoms with van der Waals surface area (Å²) in [4.78, 5) is 2.18. The zero-order valence-electron chi connectivity index (χ0n) is 12.9. The number of rotatable bonds is 6. The van der Waals surface area contributed by atoms with E-state index in [0.29, 0.717) is 13.2 Å². The summed E-state index contributed by atoms with van der Waals surface area (Å²) in [6.45, 7) is 8.69. The highest BCUT2D eigenvalue weighted by atomic mass is 19.1. The number of hydrogen-bond donors (Lipinski definition) is 1. The zero-order chi connectivity index (χ0) is 15.1. The Hall–Kier alpha value is -1.33. The maximum absolute atomic E-state index is 13.6. The fourth-order valence-corrected chi connectivity index (χ4v) is 2.38. The quantitative estimate of drug-likeness (QED) is 0.818. The second-order valence-corrected chi connectivity index (χ2v) is 5.47. The third-order valence-corrected chi connectivity index (χ3v) is 3.39. The molecule has 0 aromatic heterocycles. The number of anilines is 1. The van der Waals surface area contributed by atoms with Crippen molar-refractivity contribution < 1.29 is 13.9 Å². The van der Waals surface area contributed by atoms with Crippen LogP contribution < -0.4 is 15.0 Å². The van der Waals surface area contributed by atoms with Gasteiger partial charge in [-0.05, 0) is 38.9 Å². The van der Waals surface area contributed by atoms with Gasteiger partial charge >= 0.3 is 0 Å². The smallest absolute Gasteiger partial charge is 0.142 e. The first-order valence-electron chi connectivity index (χ1n) is 7.66. The molecule has 21 heavy (non-hydrogen) atoms. The van der Waals surface area contributed by atoms with Crippen LogP contribution in [-0.2, 0) is 4.74 Å². The van der Waals surface area contributed by atoms with Crippen molar-refractivity contribution in [2.75, 3.05) is 44.3 Å². The van der Waals surface area contributed by atoms with Crippen LogP contribution in [0.1, 0.15) is 20.3 Å². The minimum absolute atomic E-state index is 0.193. The van der Waals surface area contributed by atoms with Crippen LogP contribution >= 0.6 is 0 Å². The standard InChI is InChI=1S/C16H25FN2O2/c1-13(2)20-10-11-21-16-5-4-14(17)12-15(16)19-8-3-6-18-7-9-19/h4-5,12-13,18H,3,6-11H2,1-2H3. The highest BCUT2D eigenvalue weighted by Gasteiger charge is 2.15. The molecular weight excluding hydrogens is 271 g/mol. The van der Waals surface area contributed by atoms with E-state index >= 15 is 0 Å². The Morgan fingerprint density at radius 3 is 2.90 bits per heavy atom. The lowest BCUT2D eigenvalue weighted by Crippen LogP contribution is -2.28. The monoisotopic (exact) mass is 296 g/mol. The molecule has 0 aliphatic carbocycles. The van der Waals surface area contributed by atoms with Crippen LogP contribution in [0.4, 0.5) is 10.1 Å². The minimum atomic E-state index is -0.229. The van der Waals surface area contributed by atoms with Crippen LogP contribution in [0.15, 0.2) is 18.2 Å². The molecule has 1 aromatic rings. The molecule has 1 aliphatic rings. The van der Waals surface area contributed by atoms with Gasteiger partial charge in [0.25, 0.3) is 0 Å². The average molecular weight is 296 g/mol. The number of hydrogen-bond acceptors (Lipinski definition) is 4. The number of halogens is 1. The van der Waals surface area contributed by atoms with Gasteiger partial charge in [0, 0.05) is 25.7 Å². The van der Waals surface area contributed by atoms with Gasteiger partial charge < -0.3 is 19.7 Å². The molecule has 0 bridgehead atoms. The first-order chi connectivity index (χ1) is 10.2. The van der Waals surface area contributed by atoms with Crippen LogP contribution in [0.3, 0.4) is 0 Å². The van der Waals surface area contributed by atoms with Gasteiger partial charge in [0.1, 0.15) is 18.2 Å². The van der Waals surface area contributed by atoms with Crippen molar-refractivity contribution in [3.63, 3.8) is 0 Å². The van der Waals surface area contributed by atoms with E-state index in [9.17, 15) is 4.39 Å². The van der Waals surface area contributed by atoms with E-state index in [1.807, 2.05) is 13.8 Å². The molecule has 1 saturated heterocycles. The number of nitrogens with one attached hydrogen (secondary N) is 1. The van der Waals surface area contributed by atoms with Gasteiger partial charge in [-0.15, -0.1) is 0 Å². The van der Waals surface area contributed by atoms with Gasteiger partial charge in [0.2, 0.25) is 0 Å². The van der Waals surface area contributed by atoms with Gasteiger partial charge in [-0.3, -0.25) is 0 Å². The van der Waals surface area contributed by atoms with E-state index in [4.69, 9.17) is 9.47 Å². The molecule has 0 unspecified atom stereocenters. The molecule has 0 amide bonds. The molecule has 4 nitrogen and oxygen atoms in total. The fourth-order valence-electron chi connectivity index (χ4n) is 2.38. The molecule has 1 aromatic carbocycles. The molecule has 1 N–H and O–H groups in total. The summed E-state index contributed by atoms with van der Waals surface area (Å²) in [5.41, 5.74) is 0.836. The Balaban J connectivity index is 2.02. The predicted molar refractivity (Wildman–Crippen MR) is 82.7 cm³/mol. The van der Waals surface area contributed by atoms with Crippen molar-refractivity contribution in [1.29, 1.82) is 0 Å². The molecule has 0 saturated carbocycles. The van der Waals surface area contributed by atoms with E-state index in [1.165, 1.54) is 6.07 Å². The van der Waals surface area contributed by atoms with Crippen LogP contribution in [0.2, 0.25) is 0 Å². The molecule has 0 atom stereocenters. The SMILES string of the molecule is CC(C)OCCOc1ccc(F)cc1N1CCCNCC1. The largest absolute Gasteiger partial charge is 0.489 e. The zero-order valence-corrected chi connectivity index (χ0v) is 12.9. The first kappa shape index (κ1) is 16.0. The normalized spacial score (nSPS) is 16.1. The van der Waals surface area contributed by atoms with E-state index < -0.39 is 0 Å². The molecule has 118 valence electrons. The minimum Gasteiger partial charge on any atom is -0.489 e. The van der Waals surface area contributed by atoms with E-state index in [2.05, 4.69) is 10.2 Å². The second-order valence-electron chi connectivity index (χ2n) is 5.47. The van der Waals surface area contributed by atoms with Crippen LogP contribution in [0.5, 0.6) is 5.75 Å². The number of ether oxygens (including phenoxy) is 2. The van der Waals surface area contributed by atoms with Gasteiger partial charge in [-0.1, -0.05) is 0 Å². The molecule has 5 heteroatoms. The van der Waals surface area contributed by atoms with Crippen molar-refractivity contribution >= 4 is 5.69 Å². The first-order valence-corrected chi connectivity index (χ1v) is 7.66. The Morgan fingerprint density at radius 1 is 1.24 bits per heavy atom. The molecule has 1 fully saturated rings. The molecule has 0 radical (unpaired) electrons. The topological polar surface area (TPSA) is 33.7 Å². The Morgan fingerprint density at radius 2 is 2.10 bits per heavy atom. The molecule has 1 aliphatic heterocycles. The predicted octanol–water partition coefficient (Wildman–Crippen LogP) is 2.43. The van der Waals surface area contributed by atoms with Gasteiger partial charge in [0.15, 0.2) is 0 Å². The summed E-state index contributed by atoms with van der Waals surface area (Å²) in [6, 6.07) is 4.71. The molecule has 0 spiro atoms. The van der Waals surface area contributed by atoms with Crippen molar-refractivity contribution in [3.8, 4) is 5.75 Å². The van der Waals surface area contributed by atoms with Gasteiger partial charge in [0.05, 0.1) is 18.4 Å². The third-order valence-electron chi connectivity index (χ3n) is 3.39. The summed E-state index contributed by atoms with van der Waals surface area (Å²) in [6.07, 6.45) is 1.24. The Kier molecular flexibility index (Phi) is 6.26. The maximum atomic E-state index is 13.6. The lowest BCUT2D eigenvalue weighted by atomic mass is 10.2. The lowest BCUT2D eigenvalue weighted by molar-refractivity contribution is 0.0553. The van der Waals surface area contributed by atoms with Crippen molar-refractivity contribution in [2.45, 2.75) is 26.4 Å². The Bertz CT molecular complexity index is 432. The average Bonchev–Trinajstić information content (AvgIpc) is 2.73. The van der Waals surface area contributed by atoms with Gasteiger partial charge in [-0.25, -0.2) is 4.39 Å². The van der Waals surface area contributed by atoms with Gasteiger partial charge in [-0.2, -0.15) is 0 Å². The third kappa shape index (κ3) is 5.17. The van der Waals surface area contributed by atoms with E-state index in [-0.39, 0.29) is 11.9 Å². The Labute approximate surface area is 126 Å². The number of nitrogens with zero attached hydrogens (tertiary/aromatic N) is 1. The molecular formula is C16H25FN2O2. The van der Waals surface area contributed by atoms with Crippen LogP contribution in [-0.4, -0.2) is 45.5 Å². The number of benzene rings is 1. The molecule has 2 rings (SSSR count). The van der Waals surface area contributed by atoms with E-state index in [1.54, 1.807) is 12.1 Å². The highest BCUT2D eigenvalue weighted by molar-refractivity contribution is 5.58. The van der Waals surface area contributed by atoms with Crippen molar-refractivity contribution in [2.24, 2.45) is 0 Å². The van der Waals surface area contributed by atoms with Crippen LogP contribution in [0.25, 0.3) is 0 Å². The van der Waals surface area contributed by atoms with Crippen molar-refractivity contribution in [1.82, 2.24) is 5.32 Å². The van der Waals surface area contributed by atoms with E-state index in [0.717, 1.165) is 44.0 Å².